The summed E-state index contributed by atoms with van der Waals surface area (Å²) in [5.41, 5.74) is -2.23. The number of pyridine rings is 1. The van der Waals surface area contributed by atoms with Crippen LogP contribution in [0.15, 0.2) is 17.1 Å². The van der Waals surface area contributed by atoms with Crippen molar-refractivity contribution < 1.29 is 37.0 Å². The smallest absolute Gasteiger partial charge is 0.410 e. The van der Waals surface area contributed by atoms with Crippen LogP contribution in [0.25, 0.3) is 10.9 Å². The highest BCUT2D eigenvalue weighted by Crippen LogP contribution is 2.42. The lowest BCUT2D eigenvalue weighted by molar-refractivity contribution is 0.0145. The zero-order valence-electron chi connectivity index (χ0n) is 27.3. The number of ether oxygens (including phenoxy) is 3. The van der Waals surface area contributed by atoms with E-state index in [1.165, 1.54) is 6.20 Å². The number of esters is 1. The summed E-state index contributed by atoms with van der Waals surface area (Å²) < 4.78 is 55.4. The van der Waals surface area contributed by atoms with Crippen LogP contribution in [-0.4, -0.2) is 68.3 Å². The van der Waals surface area contributed by atoms with Gasteiger partial charge in [-0.05, 0) is 71.9 Å². The Morgan fingerprint density at radius 2 is 1.73 bits per heavy atom. The average Bonchev–Trinajstić information content (AvgIpc) is 3.65. The molecule has 0 N–H and O–H groups in total. The van der Waals surface area contributed by atoms with Crippen molar-refractivity contribution in [2.24, 2.45) is 5.92 Å². The molecule has 9 nitrogen and oxygen atoms in total. The summed E-state index contributed by atoms with van der Waals surface area (Å²) in [7, 11) is -0.902. The number of rotatable bonds is 9. The van der Waals surface area contributed by atoms with Crippen molar-refractivity contribution in [1.82, 2.24) is 9.47 Å². The predicted molar refractivity (Wildman–Crippen MR) is 166 cm³/mol. The minimum Gasteiger partial charge on any atom is -0.486 e. The number of fused-ring (bicyclic) bond motifs is 1. The van der Waals surface area contributed by atoms with E-state index in [1.807, 2.05) is 13.8 Å². The SMILES string of the molecule is CCOC(=O)c1cn(C2CC2)c2c(OC[C@@H]3CC(C(C)(C)O[SiH2]C(C)(C)C)CN3C(=O)OC(C)(C)C)c(F)c(F)cc2c1=O. The van der Waals surface area contributed by atoms with Crippen molar-refractivity contribution in [2.45, 2.75) is 110 Å². The van der Waals surface area contributed by atoms with E-state index in [2.05, 4.69) is 20.8 Å². The first kappa shape index (κ1) is 33.9. The predicted octanol–water partition coefficient (Wildman–Crippen LogP) is 5.89. The van der Waals surface area contributed by atoms with E-state index in [1.54, 1.807) is 37.2 Å². The van der Waals surface area contributed by atoms with Crippen LogP contribution in [-0.2, 0) is 13.9 Å². The molecule has 1 amide bonds. The number of amides is 1. The topological polar surface area (TPSA) is 96.3 Å². The van der Waals surface area contributed by atoms with E-state index in [9.17, 15) is 18.8 Å². The van der Waals surface area contributed by atoms with E-state index in [0.717, 1.165) is 18.9 Å². The van der Waals surface area contributed by atoms with Crippen molar-refractivity contribution in [3.63, 3.8) is 0 Å². The molecule has 0 bridgehead atoms. The van der Waals surface area contributed by atoms with Crippen molar-refractivity contribution in [3.8, 4) is 5.75 Å². The van der Waals surface area contributed by atoms with Gasteiger partial charge < -0.3 is 28.1 Å². The molecular formula is C32H46F2N2O7Si. The minimum absolute atomic E-state index is 0.0582. The quantitative estimate of drug-likeness (QED) is 0.250. The van der Waals surface area contributed by atoms with E-state index in [4.69, 9.17) is 18.6 Å². The van der Waals surface area contributed by atoms with Crippen molar-refractivity contribution >= 4 is 32.7 Å². The zero-order valence-corrected chi connectivity index (χ0v) is 28.8. The van der Waals surface area contributed by atoms with Gasteiger partial charge in [-0.25, -0.2) is 14.0 Å². The molecule has 0 spiro atoms. The fourth-order valence-electron chi connectivity index (χ4n) is 5.38. The largest absolute Gasteiger partial charge is 0.486 e. The van der Waals surface area contributed by atoms with Gasteiger partial charge in [0.2, 0.25) is 11.2 Å². The third-order valence-corrected chi connectivity index (χ3v) is 9.68. The Bertz CT molecular complexity index is 1470. The normalized spacial score (nSPS) is 19.7. The summed E-state index contributed by atoms with van der Waals surface area (Å²) in [5.74, 6) is -3.84. The molecule has 2 aliphatic rings. The summed E-state index contributed by atoms with van der Waals surface area (Å²) >= 11 is 0. The molecule has 244 valence electrons. The van der Waals surface area contributed by atoms with Gasteiger partial charge in [-0.15, -0.1) is 0 Å². The average molecular weight is 637 g/mol. The summed E-state index contributed by atoms with van der Waals surface area (Å²) in [5, 5.41) is -0.102. The number of hydrogen-bond acceptors (Lipinski definition) is 7. The van der Waals surface area contributed by atoms with Gasteiger partial charge >= 0.3 is 12.1 Å². The number of hydrogen-bond donors (Lipinski definition) is 0. The van der Waals surface area contributed by atoms with Gasteiger partial charge in [0.15, 0.2) is 21.3 Å². The maximum absolute atomic E-state index is 15.5. The molecule has 4 rings (SSSR count). The third kappa shape index (κ3) is 7.62. The van der Waals surface area contributed by atoms with Crippen LogP contribution in [0.5, 0.6) is 5.75 Å². The standard InChI is InChI=1S/C32H46F2N2O7Si/c1-10-40-28(38)22-16-35(19-11-12-19)25-21(26(22)37)14-23(33)24(34)27(25)41-17-20-13-18(32(8,9)43-44-31(5,6)7)15-36(20)29(39)42-30(2,3)4/h14,16,18-20H,10-13,15,17,44H2,1-9H3/t18?,20-/m0/s1. The van der Waals surface area contributed by atoms with Crippen molar-refractivity contribution in [2.75, 3.05) is 19.8 Å². The van der Waals surface area contributed by atoms with Gasteiger partial charge in [-0.2, -0.15) is 4.39 Å². The lowest BCUT2D eigenvalue weighted by atomic mass is 9.89. The van der Waals surface area contributed by atoms with Crippen LogP contribution in [0.1, 0.15) is 98.0 Å². The fraction of sp³-hybridized carbons (Fsp3) is 0.656. The van der Waals surface area contributed by atoms with Crippen molar-refractivity contribution in [1.29, 1.82) is 0 Å². The number of aromatic nitrogens is 1. The van der Waals surface area contributed by atoms with Gasteiger partial charge in [0, 0.05) is 24.7 Å². The Kier molecular flexibility index (Phi) is 9.57. The lowest BCUT2D eigenvalue weighted by Crippen LogP contribution is -2.43. The molecule has 1 unspecified atom stereocenters. The van der Waals surface area contributed by atoms with Crippen LogP contribution < -0.4 is 10.2 Å². The number of carbonyl (C=O) groups is 2. The van der Waals surface area contributed by atoms with Gasteiger partial charge in [-0.1, -0.05) is 20.8 Å². The molecule has 2 aromatic rings. The fourth-order valence-corrected chi connectivity index (χ4v) is 6.42. The molecule has 2 fully saturated rings. The van der Waals surface area contributed by atoms with Crippen LogP contribution in [0, 0.1) is 17.6 Å². The molecule has 1 aromatic carbocycles. The Morgan fingerprint density at radius 1 is 1.07 bits per heavy atom. The van der Waals surface area contributed by atoms with Gasteiger partial charge in [0.05, 0.1) is 29.2 Å². The van der Waals surface area contributed by atoms with Crippen molar-refractivity contribution in [3.05, 3.63) is 39.7 Å². The molecule has 12 heteroatoms. The highest BCUT2D eigenvalue weighted by molar-refractivity contribution is 6.31. The van der Waals surface area contributed by atoms with E-state index < -0.39 is 61.9 Å². The summed E-state index contributed by atoms with van der Waals surface area (Å²) in [6, 6.07) is 0.156. The number of carbonyl (C=O) groups excluding carboxylic acids is 2. The first-order valence-corrected chi connectivity index (χ1v) is 16.6. The second-order valence-electron chi connectivity index (χ2n) is 14.6. The van der Waals surface area contributed by atoms with Crippen LogP contribution in [0.2, 0.25) is 5.04 Å². The molecule has 1 saturated heterocycles. The summed E-state index contributed by atoms with van der Waals surface area (Å²) in [6.07, 6.45) is 2.78. The first-order valence-electron chi connectivity index (χ1n) is 15.3. The van der Waals surface area contributed by atoms with Gasteiger partial charge in [0.25, 0.3) is 0 Å². The second-order valence-corrected chi connectivity index (χ2v) is 17.3. The monoisotopic (exact) mass is 636 g/mol. The summed E-state index contributed by atoms with van der Waals surface area (Å²) in [4.78, 5) is 40.8. The van der Waals surface area contributed by atoms with Crippen LogP contribution in [0.4, 0.5) is 13.6 Å². The third-order valence-electron chi connectivity index (χ3n) is 7.92. The Balaban J connectivity index is 1.71. The molecule has 1 aliphatic carbocycles. The zero-order chi connectivity index (χ0) is 32.8. The number of likely N-dealkylation sites (tertiary alicyclic amines) is 1. The molecule has 0 radical (unpaired) electrons. The first-order chi connectivity index (χ1) is 20.3. The summed E-state index contributed by atoms with van der Waals surface area (Å²) in [6.45, 7) is 17.6. The Hall–Kier alpha value is -2.99. The number of nitrogens with zero attached hydrogens (tertiary/aromatic N) is 2. The highest BCUT2D eigenvalue weighted by atomic mass is 28.2. The van der Waals surface area contributed by atoms with Gasteiger partial charge in [-0.3, -0.25) is 4.79 Å². The van der Waals surface area contributed by atoms with Crippen LogP contribution >= 0.6 is 0 Å². The lowest BCUT2D eigenvalue weighted by Gasteiger charge is -2.35. The van der Waals surface area contributed by atoms with Crippen LogP contribution in [0.3, 0.4) is 0 Å². The van der Waals surface area contributed by atoms with Gasteiger partial charge in [0.1, 0.15) is 17.8 Å². The maximum Gasteiger partial charge on any atom is 0.410 e. The molecule has 44 heavy (non-hydrogen) atoms. The van der Waals surface area contributed by atoms with E-state index >= 15 is 4.39 Å². The molecule has 2 atom stereocenters. The molecule has 1 aromatic heterocycles. The van der Waals surface area contributed by atoms with E-state index in [-0.39, 0.29) is 46.7 Å². The maximum atomic E-state index is 15.5. The Labute approximate surface area is 260 Å². The highest BCUT2D eigenvalue weighted by Gasteiger charge is 2.45. The molecule has 1 aliphatic heterocycles. The number of halogens is 2. The molecule has 1 saturated carbocycles. The molecule has 2 heterocycles. The van der Waals surface area contributed by atoms with E-state index in [0.29, 0.717) is 13.0 Å². The Morgan fingerprint density at radius 3 is 2.30 bits per heavy atom. The molecular weight excluding hydrogens is 590 g/mol. The number of benzene rings is 1. The minimum atomic E-state index is -1.28. The second kappa shape index (κ2) is 12.4.